The number of rotatable bonds is 30. The molecule has 2 bridgehead atoms. The number of amides is 3. The topological polar surface area (TPSA) is 238 Å². The fourth-order valence-electron chi connectivity index (χ4n) is 12.2. The molecule has 15 nitrogen and oxygen atoms in total. The smallest absolute Gasteiger partial charge is 0.404 e. The van der Waals surface area contributed by atoms with Crippen molar-refractivity contribution in [1.82, 2.24) is 15.5 Å². The van der Waals surface area contributed by atoms with Crippen LogP contribution in [0.25, 0.3) is 11.1 Å². The minimum absolute atomic E-state index is 0.0281. The Labute approximate surface area is 433 Å². The number of aliphatic hydroxyl groups excluding tert-OH is 1. The molecule has 2 saturated heterocycles. The van der Waals surface area contributed by atoms with Gasteiger partial charge in [0.1, 0.15) is 11.8 Å². The van der Waals surface area contributed by atoms with Crippen molar-refractivity contribution in [3.63, 3.8) is 0 Å². The van der Waals surface area contributed by atoms with E-state index in [0.29, 0.717) is 49.6 Å². The monoisotopic (exact) mass is 1010 g/mol. The van der Waals surface area contributed by atoms with Gasteiger partial charge in [0, 0.05) is 61.5 Å². The number of aliphatic hydroxyl groups is 1. The molecular formula is C57H84BN5O10. The van der Waals surface area contributed by atoms with Crippen molar-refractivity contribution in [3.8, 4) is 11.1 Å². The Morgan fingerprint density at radius 2 is 1.51 bits per heavy atom. The number of nitrogens with one attached hydrogen (secondary N) is 2. The number of ketones is 4. The number of Topliss-reactive ketones (excluding diaryl/α,β-unsaturated/α-hetero) is 4. The van der Waals surface area contributed by atoms with E-state index in [4.69, 9.17) is 20.8 Å². The van der Waals surface area contributed by atoms with E-state index < -0.39 is 73.5 Å². The molecule has 0 radical (unpaired) electrons. The lowest BCUT2D eigenvalue weighted by atomic mass is 9.43. The van der Waals surface area contributed by atoms with Crippen molar-refractivity contribution in [2.45, 2.75) is 199 Å². The van der Waals surface area contributed by atoms with Gasteiger partial charge in [-0.3, -0.25) is 38.5 Å². The highest BCUT2D eigenvalue weighted by molar-refractivity contribution is 6.47. The molecule has 1 unspecified atom stereocenters. The van der Waals surface area contributed by atoms with E-state index in [-0.39, 0.29) is 72.1 Å². The van der Waals surface area contributed by atoms with Crippen LogP contribution in [-0.4, -0.2) is 113 Å². The molecule has 0 aromatic heterocycles. The molecule has 73 heavy (non-hydrogen) atoms. The van der Waals surface area contributed by atoms with Gasteiger partial charge in [-0.15, -0.1) is 0 Å². The first-order valence-corrected chi connectivity index (χ1v) is 27.3. The van der Waals surface area contributed by atoms with Gasteiger partial charge in [-0.2, -0.15) is 0 Å². The highest BCUT2D eigenvalue weighted by atomic mass is 16.7. The number of carbonyl (C=O) groups is 7. The van der Waals surface area contributed by atoms with Gasteiger partial charge in [0.05, 0.1) is 30.3 Å². The fraction of sp³-hybridized carbons (Fsp3) is 0.667. The third kappa shape index (κ3) is 14.4. The van der Waals surface area contributed by atoms with Gasteiger partial charge in [-0.25, -0.2) is 0 Å². The number of hydrogen-bond donors (Lipinski definition) is 5. The summed E-state index contributed by atoms with van der Waals surface area (Å²) in [5, 5.41) is 16.1. The first kappa shape index (κ1) is 57.7. The minimum Gasteiger partial charge on any atom is -0.404 e. The summed E-state index contributed by atoms with van der Waals surface area (Å²) in [4.78, 5) is 96.0. The maximum absolute atomic E-state index is 13.9. The number of nitrogens with zero attached hydrogens (tertiary/aromatic N) is 1. The average molecular weight is 1010 g/mol. The Bertz CT molecular complexity index is 2260. The van der Waals surface area contributed by atoms with Crippen LogP contribution in [0.1, 0.15) is 167 Å². The van der Waals surface area contributed by atoms with Crippen molar-refractivity contribution in [1.29, 1.82) is 0 Å². The largest absolute Gasteiger partial charge is 0.476 e. The lowest BCUT2D eigenvalue weighted by molar-refractivity contribution is -0.199. The first-order chi connectivity index (χ1) is 34.7. The molecule has 7 rings (SSSR count). The zero-order valence-electron chi connectivity index (χ0n) is 44.6. The van der Waals surface area contributed by atoms with E-state index in [9.17, 15) is 38.7 Å². The number of hydrogen-bond acceptors (Lipinski definition) is 12. The Hall–Kier alpha value is -4.61. The molecule has 0 spiro atoms. The third-order valence-electron chi connectivity index (χ3n) is 16.9. The number of primary amides is 1. The molecule has 400 valence electrons. The summed E-state index contributed by atoms with van der Waals surface area (Å²) < 4.78 is 13.4. The summed E-state index contributed by atoms with van der Waals surface area (Å²) in [7, 11) is -0.419. The molecule has 11 atom stereocenters. The Morgan fingerprint density at radius 1 is 0.822 bits per heavy atom. The van der Waals surface area contributed by atoms with E-state index in [1.807, 2.05) is 19.1 Å². The maximum atomic E-state index is 13.9. The summed E-state index contributed by atoms with van der Waals surface area (Å²) in [6.07, 6.45) is 7.02. The third-order valence-corrected chi connectivity index (χ3v) is 16.9. The Morgan fingerprint density at radius 3 is 2.14 bits per heavy atom. The molecule has 16 heteroatoms. The summed E-state index contributed by atoms with van der Waals surface area (Å²) in [5.41, 5.74) is 15.1. The van der Waals surface area contributed by atoms with Crippen LogP contribution in [0.15, 0.2) is 48.5 Å². The highest BCUT2D eigenvalue weighted by Crippen LogP contribution is 2.66. The fourth-order valence-corrected chi connectivity index (χ4v) is 12.2. The number of nitrogens with two attached hydrogens (primary N) is 2. The molecule has 7 N–H and O–H groups in total. The predicted molar refractivity (Wildman–Crippen MR) is 282 cm³/mol. The number of unbranched alkanes of at least 4 members (excludes halogenated alkanes) is 2. The van der Waals surface area contributed by atoms with Crippen LogP contribution in [0, 0.1) is 29.1 Å². The van der Waals surface area contributed by atoms with Crippen molar-refractivity contribution in [2.75, 3.05) is 13.1 Å². The van der Waals surface area contributed by atoms with E-state index in [2.05, 4.69) is 67.5 Å². The Kier molecular flexibility index (Phi) is 20.3. The summed E-state index contributed by atoms with van der Waals surface area (Å²) in [5.74, 6) is -4.15. The van der Waals surface area contributed by atoms with Crippen LogP contribution >= 0.6 is 0 Å². The Balaban J connectivity index is 0.978. The number of benzene rings is 2. The molecule has 3 saturated carbocycles. The highest BCUT2D eigenvalue weighted by Gasteiger charge is 2.69. The number of aryl methyl sites for hydroxylation is 1. The van der Waals surface area contributed by atoms with Gasteiger partial charge >= 0.3 is 7.12 Å². The van der Waals surface area contributed by atoms with Crippen LogP contribution in [0.2, 0.25) is 0 Å². The van der Waals surface area contributed by atoms with Crippen molar-refractivity contribution >= 4 is 48.0 Å². The first-order valence-electron chi connectivity index (χ1n) is 27.3. The van der Waals surface area contributed by atoms with Crippen LogP contribution in [-0.2, 0) is 44.5 Å². The molecular weight excluding hydrogens is 925 g/mol. The molecule has 2 aliphatic heterocycles. The van der Waals surface area contributed by atoms with Gasteiger partial charge < -0.3 is 36.5 Å². The summed E-state index contributed by atoms with van der Waals surface area (Å²) in [6.45, 7) is 14.9. The van der Waals surface area contributed by atoms with E-state index in [1.165, 1.54) is 19.4 Å². The van der Waals surface area contributed by atoms with E-state index in [0.717, 1.165) is 62.6 Å². The molecule has 5 aliphatic rings. The molecule has 2 heterocycles. The molecule has 2 aromatic rings. The summed E-state index contributed by atoms with van der Waals surface area (Å²) in [6, 6.07) is 13.0. The van der Waals surface area contributed by atoms with Gasteiger partial charge in [-0.05, 0) is 126 Å². The quantitative estimate of drug-likeness (QED) is 0.0314. The van der Waals surface area contributed by atoms with E-state index >= 15 is 0 Å². The van der Waals surface area contributed by atoms with Crippen LogP contribution in [0.4, 0.5) is 0 Å². The second kappa shape index (κ2) is 25.8. The SMILES string of the molecule is CCCCc1ccc(-c2ccc(C(=O)CCCC(=O)C[C@@H](CCCCN)C(=O)N[C@H](C(=O)C[C@@H](C)C(=O)N[C@@H](CC(N)=O)C(=O)C[C@@H](C)N3CCC[C@H]3B3OC4C[C@@H]5C[C@@H](C5(C)C)[C@]4(C)O3)[C@@H](C)O)cc2)cc1. The van der Waals surface area contributed by atoms with Crippen molar-refractivity contribution < 1.29 is 48.0 Å². The average Bonchev–Trinajstić information content (AvgIpc) is 3.99. The normalized spacial score (nSPS) is 24.5. The van der Waals surface area contributed by atoms with Crippen molar-refractivity contribution in [3.05, 3.63) is 59.7 Å². The summed E-state index contributed by atoms with van der Waals surface area (Å²) >= 11 is 0. The van der Waals surface area contributed by atoms with Gasteiger partial charge in [0.2, 0.25) is 17.7 Å². The molecule has 5 fully saturated rings. The van der Waals surface area contributed by atoms with Crippen molar-refractivity contribution in [2.24, 2.45) is 40.6 Å². The standard InChI is InChI=1S/C57H84BN5O10/c1-8-9-14-38-19-21-39(22-20-38)40-23-25-41(26-24-40)46(66)17-12-16-44(65)31-42(15-10-11-27-59)55(71)62-53(37(4)64)48(68)29-35(2)54(70)61-45(34-52(60)69)47(67)30-36(3)63-28-13-18-51(63)58-72-50-33-43-32-49(56(43,5)6)57(50,7)73-58/h19-26,35-37,42-43,45,49-51,53,64H,8-18,27-34,59H2,1-7H3,(H2,60,69)(H,61,70)(H,62,71)/t35-,36-,37-,42-,43+,45+,49+,50?,51+,53+,57+/m1/s1. The second-order valence-corrected chi connectivity index (χ2v) is 22.7. The molecule has 3 aliphatic carbocycles. The number of carbonyl (C=O) groups excluding carboxylic acids is 7. The molecule has 3 amide bonds. The maximum Gasteiger partial charge on any atom is 0.476 e. The van der Waals surface area contributed by atoms with Crippen LogP contribution in [0.3, 0.4) is 0 Å². The minimum atomic E-state index is -1.39. The lowest BCUT2D eigenvalue weighted by Crippen LogP contribution is -2.65. The van der Waals surface area contributed by atoms with Gasteiger partial charge in [0.15, 0.2) is 17.3 Å². The van der Waals surface area contributed by atoms with Crippen LogP contribution in [0.5, 0.6) is 0 Å². The predicted octanol–water partition coefficient (Wildman–Crippen LogP) is 6.65. The zero-order valence-corrected chi connectivity index (χ0v) is 44.6. The van der Waals surface area contributed by atoms with E-state index in [1.54, 1.807) is 12.1 Å². The molecule has 2 aromatic carbocycles. The number of likely N-dealkylation sites (tertiary alicyclic amines) is 1. The second-order valence-electron chi connectivity index (χ2n) is 22.7. The van der Waals surface area contributed by atoms with Crippen LogP contribution < -0.4 is 22.1 Å². The lowest BCUT2D eigenvalue weighted by Gasteiger charge is -2.64. The van der Waals surface area contributed by atoms with Gasteiger partial charge in [0.25, 0.3) is 0 Å². The zero-order chi connectivity index (χ0) is 53.2. The van der Waals surface area contributed by atoms with Gasteiger partial charge in [-0.1, -0.05) is 89.1 Å².